The summed E-state index contributed by atoms with van der Waals surface area (Å²) in [5.41, 5.74) is 2.04. The molecule has 3 rings (SSSR count). The third kappa shape index (κ3) is 3.14. The molecule has 5 nitrogen and oxygen atoms in total. The molecule has 2 aromatic carbocycles. The van der Waals surface area contributed by atoms with E-state index < -0.39 is 12.1 Å². The van der Waals surface area contributed by atoms with Crippen LogP contribution >= 0.6 is 15.9 Å². The lowest BCUT2D eigenvalue weighted by Gasteiger charge is -2.13. The summed E-state index contributed by atoms with van der Waals surface area (Å²) in [7, 11) is 1.49. The molecule has 0 aromatic heterocycles. The van der Waals surface area contributed by atoms with E-state index in [9.17, 15) is 9.59 Å². The Labute approximate surface area is 147 Å². The van der Waals surface area contributed by atoms with E-state index in [0.29, 0.717) is 28.1 Å². The average Bonchev–Trinajstić information content (AvgIpc) is 2.91. The maximum Gasteiger partial charge on any atom is 0.339 e. The molecule has 2 aromatic rings. The molecule has 1 heterocycles. The Balaban J connectivity index is 1.82. The minimum atomic E-state index is -0.565. The molecule has 124 valence electrons. The molecule has 24 heavy (non-hydrogen) atoms. The van der Waals surface area contributed by atoms with E-state index in [1.807, 2.05) is 12.1 Å². The van der Waals surface area contributed by atoms with E-state index in [0.717, 1.165) is 5.56 Å². The molecule has 0 fully saturated rings. The summed E-state index contributed by atoms with van der Waals surface area (Å²) >= 11 is 3.18. The number of cyclic esters (lactones) is 1. The first-order chi connectivity index (χ1) is 11.6. The summed E-state index contributed by atoms with van der Waals surface area (Å²) in [5, 5.41) is 0. The Morgan fingerprint density at radius 3 is 2.79 bits per heavy atom. The van der Waals surface area contributed by atoms with Gasteiger partial charge in [-0.05, 0) is 34.1 Å². The first-order valence-electron chi connectivity index (χ1n) is 7.34. The van der Waals surface area contributed by atoms with Gasteiger partial charge in [-0.2, -0.15) is 0 Å². The maximum absolute atomic E-state index is 12.6. The quantitative estimate of drug-likeness (QED) is 0.425. The Morgan fingerprint density at radius 2 is 2.04 bits per heavy atom. The smallest absolute Gasteiger partial charge is 0.339 e. The summed E-state index contributed by atoms with van der Waals surface area (Å²) < 4.78 is 15.9. The average molecular weight is 391 g/mol. The molecule has 6 heteroatoms. The molecule has 0 saturated heterocycles. The van der Waals surface area contributed by atoms with Gasteiger partial charge in [0, 0.05) is 11.6 Å². The number of methoxy groups -OCH3 is 1. The van der Waals surface area contributed by atoms with Crippen LogP contribution in [-0.2, 0) is 4.74 Å². The molecule has 0 radical (unpaired) electrons. The van der Waals surface area contributed by atoms with Gasteiger partial charge in [0.15, 0.2) is 5.78 Å². The van der Waals surface area contributed by atoms with Crippen molar-refractivity contribution in [2.24, 2.45) is 0 Å². The minimum absolute atomic E-state index is 0.0672. The molecule has 1 aliphatic rings. The zero-order chi connectivity index (χ0) is 17.1. The van der Waals surface area contributed by atoms with E-state index >= 15 is 0 Å². The lowest BCUT2D eigenvalue weighted by molar-refractivity contribution is 0.0367. The number of rotatable bonds is 6. The highest BCUT2D eigenvalue weighted by Gasteiger charge is 2.32. The van der Waals surface area contributed by atoms with Gasteiger partial charge in [0.05, 0.1) is 24.7 Å². The Morgan fingerprint density at radius 1 is 1.25 bits per heavy atom. The number of esters is 1. The number of carbonyl (C=O) groups is 2. The third-order valence-electron chi connectivity index (χ3n) is 3.84. The van der Waals surface area contributed by atoms with Crippen LogP contribution in [0.1, 0.15) is 38.8 Å². The predicted molar refractivity (Wildman–Crippen MR) is 91.0 cm³/mol. The molecule has 0 bridgehead atoms. The highest BCUT2D eigenvalue weighted by atomic mass is 79.9. The van der Waals surface area contributed by atoms with Gasteiger partial charge in [0.1, 0.15) is 23.1 Å². The first kappa shape index (κ1) is 16.5. The third-order valence-corrected chi connectivity index (χ3v) is 4.07. The number of alkyl halides is 1. The van der Waals surface area contributed by atoms with Gasteiger partial charge in [0.25, 0.3) is 0 Å². The van der Waals surface area contributed by atoms with Crippen LogP contribution in [0.5, 0.6) is 11.5 Å². The van der Waals surface area contributed by atoms with Crippen LogP contribution in [0.2, 0.25) is 0 Å². The molecule has 1 atom stereocenters. The van der Waals surface area contributed by atoms with E-state index in [1.54, 1.807) is 30.3 Å². The lowest BCUT2D eigenvalue weighted by atomic mass is 9.98. The number of hydrogen-bond donors (Lipinski definition) is 0. The fourth-order valence-electron chi connectivity index (χ4n) is 2.70. The van der Waals surface area contributed by atoms with Crippen molar-refractivity contribution in [3.05, 3.63) is 59.2 Å². The SMILES string of the molecule is COc1cc(OCBr)ccc1C(=O)CC1OC(=O)c2ccccc21. The van der Waals surface area contributed by atoms with Crippen molar-refractivity contribution < 1.29 is 23.8 Å². The number of fused-ring (bicyclic) bond motifs is 1. The molecule has 0 saturated carbocycles. The van der Waals surface area contributed by atoms with Crippen LogP contribution < -0.4 is 9.47 Å². The van der Waals surface area contributed by atoms with Crippen LogP contribution in [-0.4, -0.2) is 24.4 Å². The van der Waals surface area contributed by atoms with E-state index in [4.69, 9.17) is 14.2 Å². The van der Waals surface area contributed by atoms with E-state index in [1.165, 1.54) is 7.11 Å². The first-order valence-corrected chi connectivity index (χ1v) is 8.46. The number of carbonyl (C=O) groups excluding carboxylic acids is 2. The highest BCUT2D eigenvalue weighted by Crippen LogP contribution is 2.35. The largest absolute Gasteiger partial charge is 0.496 e. The number of ether oxygens (including phenoxy) is 3. The fourth-order valence-corrected chi connectivity index (χ4v) is 2.97. The number of halogens is 1. The zero-order valence-electron chi connectivity index (χ0n) is 13.0. The van der Waals surface area contributed by atoms with Crippen molar-refractivity contribution in [1.82, 2.24) is 0 Å². The second kappa shape index (κ2) is 7.05. The molecular formula is C18H15BrO5. The highest BCUT2D eigenvalue weighted by molar-refractivity contribution is 9.09. The van der Waals surface area contributed by atoms with Gasteiger partial charge in [-0.1, -0.05) is 18.2 Å². The number of Topliss-reactive ketones (excluding diaryl/α,β-unsaturated/α-hetero) is 1. The number of hydrogen-bond acceptors (Lipinski definition) is 5. The summed E-state index contributed by atoms with van der Waals surface area (Å²) in [6.45, 7) is 0. The van der Waals surface area contributed by atoms with Crippen LogP contribution in [0.25, 0.3) is 0 Å². The van der Waals surface area contributed by atoms with Crippen molar-refractivity contribution in [3.63, 3.8) is 0 Å². The molecule has 1 unspecified atom stereocenters. The molecule has 0 spiro atoms. The van der Waals surface area contributed by atoms with Crippen molar-refractivity contribution >= 4 is 27.7 Å². The Kier molecular flexibility index (Phi) is 4.85. The number of ketones is 1. The van der Waals surface area contributed by atoms with E-state index in [2.05, 4.69) is 15.9 Å². The monoisotopic (exact) mass is 390 g/mol. The Bertz CT molecular complexity index is 787. The van der Waals surface area contributed by atoms with Gasteiger partial charge >= 0.3 is 5.97 Å². The predicted octanol–water partition coefficient (Wildman–Crippen LogP) is 3.91. The summed E-state index contributed by atoms with van der Waals surface area (Å²) in [6.07, 6.45) is -0.498. The fraction of sp³-hybridized carbons (Fsp3) is 0.222. The zero-order valence-corrected chi connectivity index (χ0v) is 14.5. The summed E-state index contributed by atoms with van der Waals surface area (Å²) in [5.74, 6) is 0.470. The van der Waals surface area contributed by atoms with Crippen LogP contribution in [0, 0.1) is 0 Å². The van der Waals surface area contributed by atoms with Gasteiger partial charge in [-0.15, -0.1) is 0 Å². The van der Waals surface area contributed by atoms with Crippen LogP contribution in [0.3, 0.4) is 0 Å². The second-order valence-electron chi connectivity index (χ2n) is 5.22. The van der Waals surface area contributed by atoms with Crippen LogP contribution in [0.4, 0.5) is 0 Å². The minimum Gasteiger partial charge on any atom is -0.496 e. The molecular weight excluding hydrogens is 376 g/mol. The van der Waals surface area contributed by atoms with Gasteiger partial charge in [0.2, 0.25) is 0 Å². The molecule has 0 amide bonds. The van der Waals surface area contributed by atoms with Crippen molar-refractivity contribution in [2.75, 3.05) is 12.6 Å². The van der Waals surface area contributed by atoms with Gasteiger partial charge in [-0.25, -0.2) is 4.79 Å². The normalized spacial score (nSPS) is 15.6. The van der Waals surface area contributed by atoms with Gasteiger partial charge < -0.3 is 14.2 Å². The maximum atomic E-state index is 12.6. The molecule has 0 N–H and O–H groups in total. The van der Waals surface area contributed by atoms with Crippen molar-refractivity contribution in [1.29, 1.82) is 0 Å². The van der Waals surface area contributed by atoms with Gasteiger partial charge in [-0.3, -0.25) is 4.79 Å². The summed E-state index contributed by atoms with van der Waals surface area (Å²) in [4.78, 5) is 24.5. The second-order valence-corrected chi connectivity index (χ2v) is 5.68. The standard InChI is InChI=1S/C18H15BrO5/c1-22-16-8-11(23-10-19)6-7-14(16)15(20)9-17-12-4-2-3-5-13(12)18(21)24-17/h2-8,17H,9-10H2,1H3. The Hall–Kier alpha value is -2.34. The van der Waals surface area contributed by atoms with Crippen LogP contribution in [0.15, 0.2) is 42.5 Å². The lowest BCUT2D eigenvalue weighted by Crippen LogP contribution is -2.09. The number of benzene rings is 2. The summed E-state index contributed by atoms with van der Waals surface area (Å²) in [6, 6.07) is 12.1. The molecule has 1 aliphatic heterocycles. The molecule has 0 aliphatic carbocycles. The van der Waals surface area contributed by atoms with Crippen molar-refractivity contribution in [3.8, 4) is 11.5 Å². The topological polar surface area (TPSA) is 61.8 Å². The van der Waals surface area contributed by atoms with E-state index in [-0.39, 0.29) is 12.2 Å². The van der Waals surface area contributed by atoms with Crippen molar-refractivity contribution in [2.45, 2.75) is 12.5 Å².